The van der Waals surface area contributed by atoms with Crippen molar-refractivity contribution in [3.8, 4) is 0 Å². The number of hydrogen-bond acceptors (Lipinski definition) is 5. The minimum Gasteiger partial charge on any atom is -0.453 e. The van der Waals surface area contributed by atoms with Gasteiger partial charge in [0.25, 0.3) is 5.91 Å². The van der Waals surface area contributed by atoms with Crippen LogP contribution in [0, 0.1) is 5.92 Å². The van der Waals surface area contributed by atoms with Crippen LogP contribution in [0.1, 0.15) is 26.2 Å². The summed E-state index contributed by atoms with van der Waals surface area (Å²) in [7, 11) is -3.56. The molecule has 2 atom stereocenters. The largest absolute Gasteiger partial charge is 0.453 e. The number of allylic oxidation sites excluding steroid dienone is 2. The van der Waals surface area contributed by atoms with Gasteiger partial charge >= 0.3 is 5.97 Å². The van der Waals surface area contributed by atoms with Gasteiger partial charge in [0.15, 0.2) is 6.10 Å². The second-order valence-corrected chi connectivity index (χ2v) is 9.08. The summed E-state index contributed by atoms with van der Waals surface area (Å²) >= 11 is 0. The van der Waals surface area contributed by atoms with Crippen LogP contribution < -0.4 is 0 Å². The van der Waals surface area contributed by atoms with Crippen molar-refractivity contribution < 1.29 is 22.7 Å². The number of carbonyl (C=O) groups is 2. The van der Waals surface area contributed by atoms with E-state index in [0.717, 1.165) is 12.8 Å². The Balaban J connectivity index is 1.50. The third-order valence-electron chi connectivity index (χ3n) is 5.13. The summed E-state index contributed by atoms with van der Waals surface area (Å²) in [6.07, 6.45) is 5.40. The summed E-state index contributed by atoms with van der Waals surface area (Å²) < 4.78 is 32.0. The van der Waals surface area contributed by atoms with Crippen LogP contribution in [-0.2, 0) is 24.3 Å². The Morgan fingerprint density at radius 3 is 2.43 bits per heavy atom. The second kappa shape index (κ2) is 8.87. The van der Waals surface area contributed by atoms with E-state index in [1.54, 1.807) is 42.2 Å². The van der Waals surface area contributed by atoms with Crippen LogP contribution >= 0.6 is 0 Å². The predicted octanol–water partition coefficient (Wildman–Crippen LogP) is 1.81. The average Bonchev–Trinajstić information content (AvgIpc) is 3.21. The number of rotatable bonds is 6. The molecular formula is C20H26N2O5S. The Labute approximate surface area is 166 Å². The summed E-state index contributed by atoms with van der Waals surface area (Å²) in [5.74, 6) is -0.462. The first-order valence-corrected chi connectivity index (χ1v) is 11.0. The lowest BCUT2D eigenvalue weighted by atomic mass is 10.1. The van der Waals surface area contributed by atoms with Crippen LogP contribution in [0.5, 0.6) is 0 Å². The molecule has 1 saturated heterocycles. The van der Waals surface area contributed by atoms with Crippen molar-refractivity contribution in [2.24, 2.45) is 5.92 Å². The monoisotopic (exact) mass is 406 g/mol. The topological polar surface area (TPSA) is 84.0 Å². The van der Waals surface area contributed by atoms with Gasteiger partial charge in [-0.3, -0.25) is 9.59 Å². The van der Waals surface area contributed by atoms with E-state index in [2.05, 4.69) is 6.08 Å². The molecule has 1 aliphatic heterocycles. The molecule has 2 aliphatic rings. The van der Waals surface area contributed by atoms with Gasteiger partial charge in [0.2, 0.25) is 10.0 Å². The van der Waals surface area contributed by atoms with Gasteiger partial charge in [-0.25, -0.2) is 8.42 Å². The highest BCUT2D eigenvalue weighted by atomic mass is 32.2. The maximum absolute atomic E-state index is 12.7. The van der Waals surface area contributed by atoms with E-state index in [1.807, 2.05) is 6.08 Å². The van der Waals surface area contributed by atoms with E-state index < -0.39 is 16.1 Å². The van der Waals surface area contributed by atoms with Gasteiger partial charge in [0.1, 0.15) is 0 Å². The van der Waals surface area contributed by atoms with Crippen LogP contribution in [0.4, 0.5) is 0 Å². The molecule has 0 saturated carbocycles. The number of piperazine rings is 1. The predicted molar refractivity (Wildman–Crippen MR) is 104 cm³/mol. The molecule has 152 valence electrons. The molecule has 0 N–H and O–H groups in total. The molecule has 3 rings (SSSR count). The SMILES string of the molecule is C[C@H](OC(=O)C[C@@H]1C=CCC1)C(=O)N1CCN(S(=O)(=O)c2ccccc2)CC1. The highest BCUT2D eigenvalue weighted by Crippen LogP contribution is 2.21. The summed E-state index contributed by atoms with van der Waals surface area (Å²) in [5, 5.41) is 0. The van der Waals surface area contributed by atoms with Crippen LogP contribution in [0.15, 0.2) is 47.4 Å². The lowest BCUT2D eigenvalue weighted by molar-refractivity contribution is -0.160. The molecule has 1 aliphatic carbocycles. The summed E-state index contributed by atoms with van der Waals surface area (Å²) in [4.78, 5) is 26.4. The first-order valence-electron chi connectivity index (χ1n) is 9.58. The zero-order chi connectivity index (χ0) is 20.1. The third kappa shape index (κ3) is 4.80. The highest BCUT2D eigenvalue weighted by Gasteiger charge is 2.32. The highest BCUT2D eigenvalue weighted by molar-refractivity contribution is 7.89. The Bertz CT molecular complexity index is 829. The van der Waals surface area contributed by atoms with Crippen molar-refractivity contribution in [1.29, 1.82) is 0 Å². The fraction of sp³-hybridized carbons (Fsp3) is 0.500. The van der Waals surface area contributed by atoms with Crippen molar-refractivity contribution >= 4 is 21.9 Å². The Hall–Kier alpha value is -2.19. The molecule has 1 amide bonds. The van der Waals surface area contributed by atoms with Gasteiger partial charge in [-0.05, 0) is 37.8 Å². The first kappa shape index (κ1) is 20.5. The lowest BCUT2D eigenvalue weighted by Crippen LogP contribution is -2.52. The normalized spacial score (nSPS) is 21.5. The molecule has 28 heavy (non-hydrogen) atoms. The van der Waals surface area contributed by atoms with Crippen molar-refractivity contribution in [3.63, 3.8) is 0 Å². The van der Waals surface area contributed by atoms with Gasteiger partial charge < -0.3 is 9.64 Å². The number of nitrogens with zero attached hydrogens (tertiary/aromatic N) is 2. The minimum atomic E-state index is -3.56. The molecule has 0 bridgehead atoms. The van der Waals surface area contributed by atoms with Gasteiger partial charge in [0, 0.05) is 26.2 Å². The van der Waals surface area contributed by atoms with E-state index in [0.29, 0.717) is 0 Å². The number of ether oxygens (including phenoxy) is 1. The zero-order valence-electron chi connectivity index (χ0n) is 16.0. The minimum absolute atomic E-state index is 0.196. The molecule has 1 aromatic rings. The van der Waals surface area contributed by atoms with E-state index >= 15 is 0 Å². The van der Waals surface area contributed by atoms with Gasteiger partial charge in [0.05, 0.1) is 11.3 Å². The maximum atomic E-state index is 12.7. The lowest BCUT2D eigenvalue weighted by Gasteiger charge is -2.35. The van der Waals surface area contributed by atoms with E-state index in [-0.39, 0.29) is 55.3 Å². The first-order chi connectivity index (χ1) is 13.4. The number of carbonyl (C=O) groups excluding carboxylic acids is 2. The molecule has 1 fully saturated rings. The molecule has 8 heteroatoms. The molecule has 1 aromatic carbocycles. The smallest absolute Gasteiger partial charge is 0.307 e. The fourth-order valence-corrected chi connectivity index (χ4v) is 4.97. The fourth-order valence-electron chi connectivity index (χ4n) is 3.52. The average molecular weight is 407 g/mol. The van der Waals surface area contributed by atoms with Crippen LogP contribution in [-0.4, -0.2) is 61.8 Å². The molecule has 0 unspecified atom stereocenters. The molecular weight excluding hydrogens is 380 g/mol. The van der Waals surface area contributed by atoms with Crippen LogP contribution in [0.2, 0.25) is 0 Å². The van der Waals surface area contributed by atoms with Crippen molar-refractivity contribution in [1.82, 2.24) is 9.21 Å². The zero-order valence-corrected chi connectivity index (χ0v) is 16.8. The molecule has 1 heterocycles. The van der Waals surface area contributed by atoms with Crippen LogP contribution in [0.3, 0.4) is 0 Å². The Kier molecular flexibility index (Phi) is 6.51. The standard InChI is InChI=1S/C20H26N2O5S/c1-16(27-19(23)15-17-7-5-6-8-17)20(24)21-11-13-22(14-12-21)28(25,26)18-9-3-2-4-10-18/h2-5,7,9-10,16-17H,6,8,11-15H2,1H3/t16-,17+/m0/s1. The number of sulfonamides is 1. The van der Waals surface area contributed by atoms with E-state index in [1.165, 1.54) is 4.31 Å². The Morgan fingerprint density at radius 2 is 1.82 bits per heavy atom. The molecule has 7 nitrogen and oxygen atoms in total. The summed E-state index contributed by atoms with van der Waals surface area (Å²) in [5.41, 5.74) is 0. The molecule has 0 spiro atoms. The van der Waals surface area contributed by atoms with Crippen LogP contribution in [0.25, 0.3) is 0 Å². The number of esters is 1. The number of hydrogen-bond donors (Lipinski definition) is 0. The van der Waals surface area contributed by atoms with Crippen molar-refractivity contribution in [2.45, 2.75) is 37.2 Å². The summed E-state index contributed by atoms with van der Waals surface area (Å²) in [6.45, 7) is 2.56. The van der Waals surface area contributed by atoms with E-state index in [4.69, 9.17) is 4.74 Å². The quantitative estimate of drug-likeness (QED) is 0.531. The second-order valence-electron chi connectivity index (χ2n) is 7.14. The Morgan fingerprint density at radius 1 is 1.14 bits per heavy atom. The third-order valence-corrected chi connectivity index (χ3v) is 7.04. The van der Waals surface area contributed by atoms with E-state index in [9.17, 15) is 18.0 Å². The van der Waals surface area contributed by atoms with Crippen molar-refractivity contribution in [2.75, 3.05) is 26.2 Å². The number of amides is 1. The summed E-state index contributed by atoms with van der Waals surface area (Å²) in [6, 6.07) is 8.26. The van der Waals surface area contributed by atoms with Gasteiger partial charge in [-0.15, -0.1) is 0 Å². The van der Waals surface area contributed by atoms with Gasteiger partial charge in [-0.2, -0.15) is 4.31 Å². The number of benzene rings is 1. The van der Waals surface area contributed by atoms with Crippen molar-refractivity contribution in [3.05, 3.63) is 42.5 Å². The molecule has 0 aromatic heterocycles. The molecule has 0 radical (unpaired) electrons. The maximum Gasteiger partial charge on any atom is 0.307 e. The van der Waals surface area contributed by atoms with Gasteiger partial charge in [-0.1, -0.05) is 30.4 Å².